The second kappa shape index (κ2) is 8.31. The smallest absolute Gasteiger partial charge is 0.505 e. The van der Waals surface area contributed by atoms with Crippen molar-refractivity contribution in [3.63, 3.8) is 0 Å². The fourth-order valence-corrected chi connectivity index (χ4v) is 1.51. The second-order valence-electron chi connectivity index (χ2n) is 4.17. The Morgan fingerprint density at radius 1 is 1.21 bits per heavy atom. The Bertz CT molecular complexity index is 769. The predicted molar refractivity (Wildman–Crippen MR) is 82.0 cm³/mol. The van der Waals surface area contributed by atoms with Gasteiger partial charge < -0.3 is 9.84 Å². The average Bonchev–Trinajstić information content (AvgIpc) is 2.48. The van der Waals surface area contributed by atoms with E-state index in [9.17, 15) is 18.3 Å². The highest BCUT2D eigenvalue weighted by atomic mass is 79.9. The summed E-state index contributed by atoms with van der Waals surface area (Å²) < 4.78 is 63.6. The molecule has 24 heavy (non-hydrogen) atoms. The molecule has 0 atom stereocenters. The van der Waals surface area contributed by atoms with E-state index in [0.29, 0.717) is 17.0 Å². The molecule has 0 unspecified atom stereocenters. The van der Waals surface area contributed by atoms with Crippen LogP contribution < -0.4 is 4.74 Å². The minimum Gasteiger partial charge on any atom is -0.505 e. The Hall–Kier alpha value is -1.85. The first-order valence-electron chi connectivity index (χ1n) is 6.05. The van der Waals surface area contributed by atoms with Gasteiger partial charge in [-0.2, -0.15) is 21.6 Å². The Balaban J connectivity index is 0.000000307. The van der Waals surface area contributed by atoms with Gasteiger partial charge in [-0.15, -0.1) is 0 Å². The third-order valence-electron chi connectivity index (χ3n) is 2.33. The molecule has 6 nitrogen and oxygen atoms in total. The van der Waals surface area contributed by atoms with Gasteiger partial charge in [0.2, 0.25) is 5.88 Å². The molecule has 0 bridgehead atoms. The van der Waals surface area contributed by atoms with Crippen molar-refractivity contribution >= 4 is 26.0 Å². The van der Waals surface area contributed by atoms with Crippen LogP contribution in [0.4, 0.5) is 13.2 Å². The Labute approximate surface area is 143 Å². The molecule has 2 rings (SSSR count). The zero-order valence-electron chi connectivity index (χ0n) is 11.7. The molecule has 0 spiro atoms. The monoisotopic (exact) mass is 429 g/mol. The highest BCUT2D eigenvalue weighted by Gasteiger charge is 2.44. The standard InChI is InChI=1S/C12H10BrNO2.CHF3O3S/c13-10-6-12(14-7-11(10)15)16-8-9-4-2-1-3-5-9;2-1(3,4)8(5,6)7/h1-7,15H,8H2;(H,5,6,7). The fraction of sp³-hybridized carbons (Fsp3) is 0.154. The van der Waals surface area contributed by atoms with Gasteiger partial charge in [-0.05, 0) is 21.5 Å². The third kappa shape index (κ3) is 6.72. The van der Waals surface area contributed by atoms with Crippen molar-refractivity contribution < 1.29 is 36.0 Å². The first-order valence-corrected chi connectivity index (χ1v) is 8.29. The maximum Gasteiger partial charge on any atom is 0.522 e. The number of alkyl halides is 3. The minimum absolute atomic E-state index is 0.104. The van der Waals surface area contributed by atoms with Gasteiger partial charge in [0.25, 0.3) is 0 Å². The molecule has 2 aromatic rings. The van der Waals surface area contributed by atoms with Crippen LogP contribution in [0.1, 0.15) is 5.56 Å². The lowest BCUT2D eigenvalue weighted by Crippen LogP contribution is -2.21. The summed E-state index contributed by atoms with van der Waals surface area (Å²) in [5.41, 5.74) is -4.46. The van der Waals surface area contributed by atoms with E-state index in [1.807, 2.05) is 30.3 Å². The SMILES string of the molecule is O=S(=O)(O)C(F)(F)F.Oc1cnc(OCc2ccccc2)cc1Br. The average molecular weight is 430 g/mol. The molecule has 0 radical (unpaired) electrons. The molecule has 0 amide bonds. The van der Waals surface area contributed by atoms with Crippen molar-refractivity contribution in [1.29, 1.82) is 0 Å². The zero-order valence-corrected chi connectivity index (χ0v) is 14.1. The Morgan fingerprint density at radius 3 is 2.21 bits per heavy atom. The number of rotatable bonds is 3. The van der Waals surface area contributed by atoms with Gasteiger partial charge in [-0.3, -0.25) is 4.55 Å². The number of aromatic nitrogens is 1. The maximum atomic E-state index is 10.7. The topological polar surface area (TPSA) is 96.7 Å². The molecule has 1 aromatic heterocycles. The number of aromatic hydroxyl groups is 1. The van der Waals surface area contributed by atoms with Crippen LogP contribution in [-0.4, -0.2) is 28.6 Å². The summed E-state index contributed by atoms with van der Waals surface area (Å²) in [6.45, 7) is 0.463. The van der Waals surface area contributed by atoms with Crippen LogP contribution in [0.3, 0.4) is 0 Å². The van der Waals surface area contributed by atoms with E-state index in [0.717, 1.165) is 5.56 Å². The molecule has 0 saturated heterocycles. The molecule has 0 aliphatic heterocycles. The number of nitrogens with zero attached hydrogens (tertiary/aromatic N) is 1. The molecule has 1 aromatic carbocycles. The van der Waals surface area contributed by atoms with Crippen LogP contribution in [-0.2, 0) is 16.7 Å². The van der Waals surface area contributed by atoms with Crippen molar-refractivity contribution in [3.8, 4) is 11.6 Å². The van der Waals surface area contributed by atoms with Gasteiger partial charge >= 0.3 is 15.6 Å². The number of halogens is 4. The number of benzene rings is 1. The summed E-state index contributed by atoms with van der Waals surface area (Å²) in [4.78, 5) is 3.95. The normalized spacial score (nSPS) is 11.4. The Morgan fingerprint density at radius 2 is 1.75 bits per heavy atom. The zero-order chi connectivity index (χ0) is 18.4. The summed E-state index contributed by atoms with van der Waals surface area (Å²) in [5, 5.41) is 9.26. The summed E-state index contributed by atoms with van der Waals surface area (Å²) in [5.74, 6) is 0.584. The lowest BCUT2D eigenvalue weighted by atomic mass is 10.2. The third-order valence-corrected chi connectivity index (χ3v) is 3.55. The van der Waals surface area contributed by atoms with Gasteiger partial charge in [0.1, 0.15) is 12.4 Å². The second-order valence-corrected chi connectivity index (χ2v) is 6.44. The van der Waals surface area contributed by atoms with Crippen LogP contribution in [0.25, 0.3) is 0 Å². The molecular weight excluding hydrogens is 419 g/mol. The quantitative estimate of drug-likeness (QED) is 0.572. The van der Waals surface area contributed by atoms with Crippen molar-refractivity contribution in [2.75, 3.05) is 0 Å². The van der Waals surface area contributed by atoms with Crippen molar-refractivity contribution in [2.24, 2.45) is 0 Å². The highest BCUT2D eigenvalue weighted by Crippen LogP contribution is 2.25. The molecule has 2 N–H and O–H groups in total. The summed E-state index contributed by atoms with van der Waals surface area (Å²) in [6.07, 6.45) is 1.35. The molecule has 0 aliphatic carbocycles. The van der Waals surface area contributed by atoms with Gasteiger partial charge in [0.05, 0.1) is 10.7 Å². The van der Waals surface area contributed by atoms with E-state index in [-0.39, 0.29) is 5.75 Å². The number of ether oxygens (including phenoxy) is 1. The van der Waals surface area contributed by atoms with E-state index >= 15 is 0 Å². The molecular formula is C13H11BrF3NO5S. The van der Waals surface area contributed by atoms with Crippen molar-refractivity contribution in [1.82, 2.24) is 4.98 Å². The van der Waals surface area contributed by atoms with Crippen LogP contribution in [0.15, 0.2) is 47.1 Å². The molecule has 1 heterocycles. The minimum atomic E-state index is -5.84. The summed E-state index contributed by atoms with van der Waals surface area (Å²) in [7, 11) is -5.84. The predicted octanol–water partition coefficient (Wildman–Crippen LogP) is 3.52. The van der Waals surface area contributed by atoms with E-state index in [1.54, 1.807) is 6.07 Å². The van der Waals surface area contributed by atoms with Gasteiger partial charge in [-0.25, -0.2) is 4.98 Å². The molecule has 0 aliphatic rings. The highest BCUT2D eigenvalue weighted by molar-refractivity contribution is 9.10. The van der Waals surface area contributed by atoms with E-state index in [2.05, 4.69) is 20.9 Å². The number of hydrogen-bond donors (Lipinski definition) is 2. The van der Waals surface area contributed by atoms with Crippen LogP contribution >= 0.6 is 15.9 Å². The van der Waals surface area contributed by atoms with Crippen LogP contribution in [0.2, 0.25) is 0 Å². The van der Waals surface area contributed by atoms with Gasteiger partial charge in [-0.1, -0.05) is 30.3 Å². The van der Waals surface area contributed by atoms with Gasteiger partial charge in [0.15, 0.2) is 0 Å². The molecule has 0 fully saturated rings. The van der Waals surface area contributed by atoms with Crippen molar-refractivity contribution in [3.05, 3.63) is 52.6 Å². The number of hydrogen-bond acceptors (Lipinski definition) is 5. The van der Waals surface area contributed by atoms with E-state index in [4.69, 9.17) is 17.7 Å². The molecule has 11 heteroatoms. The summed E-state index contributed by atoms with van der Waals surface area (Å²) >= 11 is 3.20. The lowest BCUT2D eigenvalue weighted by molar-refractivity contribution is -0.0510. The molecule has 0 saturated carbocycles. The fourth-order valence-electron chi connectivity index (χ4n) is 1.22. The first kappa shape index (κ1) is 20.2. The lowest BCUT2D eigenvalue weighted by Gasteiger charge is -2.05. The molecule has 132 valence electrons. The Kier molecular flexibility index (Phi) is 6.99. The maximum absolute atomic E-state index is 10.7. The van der Waals surface area contributed by atoms with Gasteiger partial charge in [0, 0.05) is 6.07 Å². The van der Waals surface area contributed by atoms with Crippen molar-refractivity contribution in [2.45, 2.75) is 12.1 Å². The van der Waals surface area contributed by atoms with Crippen LogP contribution in [0, 0.1) is 0 Å². The first-order chi connectivity index (χ1) is 11.0. The largest absolute Gasteiger partial charge is 0.522 e. The summed E-state index contributed by atoms with van der Waals surface area (Å²) in [6, 6.07) is 11.5. The van der Waals surface area contributed by atoms with E-state index < -0.39 is 15.6 Å². The van der Waals surface area contributed by atoms with Crippen LogP contribution in [0.5, 0.6) is 11.6 Å². The van der Waals surface area contributed by atoms with E-state index in [1.165, 1.54) is 6.20 Å². The number of pyridine rings is 1.